The van der Waals surface area contributed by atoms with E-state index in [9.17, 15) is 4.79 Å². The van der Waals surface area contributed by atoms with E-state index in [0.717, 1.165) is 5.69 Å². The molecule has 0 saturated carbocycles. The zero-order valence-electron chi connectivity index (χ0n) is 11.5. The summed E-state index contributed by atoms with van der Waals surface area (Å²) >= 11 is 1.59. The molecule has 1 saturated heterocycles. The van der Waals surface area contributed by atoms with Crippen molar-refractivity contribution in [2.75, 3.05) is 12.8 Å². The molecule has 6 heteroatoms. The van der Waals surface area contributed by atoms with Crippen molar-refractivity contribution in [2.45, 2.75) is 18.8 Å². The van der Waals surface area contributed by atoms with E-state index in [4.69, 9.17) is 0 Å². The number of rotatable bonds is 3. The van der Waals surface area contributed by atoms with Crippen LogP contribution in [-0.4, -0.2) is 38.6 Å². The number of amides is 1. The van der Waals surface area contributed by atoms with Crippen molar-refractivity contribution >= 4 is 17.7 Å². The quantitative estimate of drug-likeness (QED) is 0.865. The third-order valence-corrected chi connectivity index (χ3v) is 4.63. The predicted molar refractivity (Wildman–Crippen MR) is 78.3 cm³/mol. The molecular weight excluding hydrogens is 272 g/mol. The van der Waals surface area contributed by atoms with Gasteiger partial charge in [0, 0.05) is 7.05 Å². The van der Waals surface area contributed by atoms with Crippen molar-refractivity contribution in [3.8, 4) is 0 Å². The molecule has 0 bridgehead atoms. The van der Waals surface area contributed by atoms with Crippen LogP contribution in [-0.2, 0) is 11.3 Å². The van der Waals surface area contributed by atoms with Gasteiger partial charge in [0.25, 0.3) is 0 Å². The fourth-order valence-electron chi connectivity index (χ4n) is 2.28. The first-order valence-corrected chi connectivity index (χ1v) is 7.51. The topological polar surface area (TPSA) is 51.0 Å². The van der Waals surface area contributed by atoms with Gasteiger partial charge in [-0.3, -0.25) is 4.79 Å². The number of hydrogen-bond donors (Lipinski definition) is 0. The molecule has 5 nitrogen and oxygen atoms in total. The average molecular weight is 288 g/mol. The third-order valence-electron chi connectivity index (χ3n) is 3.35. The summed E-state index contributed by atoms with van der Waals surface area (Å²) in [4.78, 5) is 13.3. The van der Waals surface area contributed by atoms with Crippen LogP contribution in [0.1, 0.15) is 22.2 Å². The van der Waals surface area contributed by atoms with Gasteiger partial charge in [-0.05, 0) is 12.5 Å². The largest absolute Gasteiger partial charge is 0.327 e. The highest BCUT2D eigenvalue weighted by molar-refractivity contribution is 8.00. The summed E-state index contributed by atoms with van der Waals surface area (Å²) in [5.41, 5.74) is 3.28. The summed E-state index contributed by atoms with van der Waals surface area (Å²) < 4.78 is 1.82. The third kappa shape index (κ3) is 2.56. The van der Waals surface area contributed by atoms with E-state index >= 15 is 0 Å². The van der Waals surface area contributed by atoms with Crippen LogP contribution in [0.15, 0.2) is 30.5 Å². The van der Waals surface area contributed by atoms with Gasteiger partial charge in [0.05, 0.1) is 18.5 Å². The van der Waals surface area contributed by atoms with Gasteiger partial charge < -0.3 is 4.90 Å². The summed E-state index contributed by atoms with van der Waals surface area (Å²) in [5, 5.41) is 8.35. The molecule has 3 rings (SSSR count). The first kappa shape index (κ1) is 13.2. The van der Waals surface area contributed by atoms with Crippen molar-refractivity contribution in [3.05, 3.63) is 47.3 Å². The number of hydrogen-bond acceptors (Lipinski definition) is 4. The van der Waals surface area contributed by atoms with Crippen LogP contribution in [0.5, 0.6) is 0 Å². The highest BCUT2D eigenvalue weighted by atomic mass is 32.2. The molecular formula is C14H16N4OS. The van der Waals surface area contributed by atoms with Gasteiger partial charge in [0.15, 0.2) is 0 Å². The van der Waals surface area contributed by atoms with Crippen LogP contribution in [0.25, 0.3) is 0 Å². The standard InChI is InChI=1S/C14H16N4OS/c1-10-4-3-5-11(6-10)7-18-8-12(15-16-18)14-17(2)13(19)9-20-14/h3-6,8,14H,7,9H2,1-2H3/t14-/m1/s1. The molecule has 0 radical (unpaired) electrons. The highest BCUT2D eigenvalue weighted by Gasteiger charge is 2.31. The van der Waals surface area contributed by atoms with E-state index in [1.807, 2.05) is 24.0 Å². The number of carbonyl (C=O) groups excluding carboxylic acids is 1. The Balaban J connectivity index is 1.76. The van der Waals surface area contributed by atoms with Gasteiger partial charge in [-0.1, -0.05) is 35.0 Å². The van der Waals surface area contributed by atoms with Crippen molar-refractivity contribution in [2.24, 2.45) is 0 Å². The molecule has 104 valence electrons. The van der Waals surface area contributed by atoms with Crippen LogP contribution in [0.3, 0.4) is 0 Å². The Hall–Kier alpha value is -1.82. The molecule has 1 amide bonds. The molecule has 1 aromatic carbocycles. The molecule has 0 unspecified atom stereocenters. The maximum absolute atomic E-state index is 11.5. The number of aromatic nitrogens is 3. The molecule has 1 atom stereocenters. The maximum atomic E-state index is 11.5. The second kappa shape index (κ2) is 5.28. The van der Waals surface area contributed by atoms with Gasteiger partial charge in [-0.25, -0.2) is 4.68 Å². The van der Waals surface area contributed by atoms with Gasteiger partial charge in [-0.15, -0.1) is 16.9 Å². The minimum Gasteiger partial charge on any atom is -0.327 e. The second-order valence-electron chi connectivity index (χ2n) is 5.00. The second-order valence-corrected chi connectivity index (χ2v) is 6.07. The van der Waals surface area contributed by atoms with Crippen LogP contribution < -0.4 is 0 Å². The molecule has 0 N–H and O–H groups in total. The summed E-state index contributed by atoms with van der Waals surface area (Å²) in [5.74, 6) is 0.666. The smallest absolute Gasteiger partial charge is 0.233 e. The Morgan fingerprint density at radius 1 is 1.45 bits per heavy atom. The minimum atomic E-state index is -0.00578. The van der Waals surface area contributed by atoms with Crippen LogP contribution in [0.4, 0.5) is 0 Å². The normalized spacial score (nSPS) is 18.8. The van der Waals surface area contributed by atoms with Crippen LogP contribution >= 0.6 is 11.8 Å². The Morgan fingerprint density at radius 2 is 2.30 bits per heavy atom. The van der Waals surface area contributed by atoms with Crippen LogP contribution in [0, 0.1) is 6.92 Å². The van der Waals surface area contributed by atoms with Gasteiger partial charge in [-0.2, -0.15) is 0 Å². The SMILES string of the molecule is Cc1cccc(Cn2cc([C@H]3SCC(=O)N3C)nn2)c1. The summed E-state index contributed by atoms with van der Waals surface area (Å²) in [7, 11) is 1.81. The molecule has 2 aromatic rings. The molecule has 1 aliphatic heterocycles. The summed E-state index contributed by atoms with van der Waals surface area (Å²) in [6, 6.07) is 8.34. The fourth-order valence-corrected chi connectivity index (χ4v) is 3.40. The van der Waals surface area contributed by atoms with Crippen LogP contribution in [0.2, 0.25) is 0 Å². The van der Waals surface area contributed by atoms with E-state index in [1.54, 1.807) is 16.7 Å². The lowest BCUT2D eigenvalue weighted by molar-refractivity contribution is -0.126. The van der Waals surface area contributed by atoms with Gasteiger partial charge in [0.2, 0.25) is 5.91 Å². The predicted octanol–water partition coefficient (Wildman–Crippen LogP) is 1.84. The van der Waals surface area contributed by atoms with E-state index in [0.29, 0.717) is 12.3 Å². The first-order valence-electron chi connectivity index (χ1n) is 6.46. The molecule has 2 heterocycles. The molecule has 1 aromatic heterocycles. The number of benzene rings is 1. The first-order chi connectivity index (χ1) is 9.63. The van der Waals surface area contributed by atoms with E-state index in [2.05, 4.69) is 35.4 Å². The lowest BCUT2D eigenvalue weighted by Gasteiger charge is -2.15. The zero-order valence-corrected chi connectivity index (χ0v) is 12.3. The molecule has 0 aliphatic carbocycles. The van der Waals surface area contributed by atoms with E-state index < -0.39 is 0 Å². The van der Waals surface area contributed by atoms with Crippen molar-refractivity contribution in [3.63, 3.8) is 0 Å². The van der Waals surface area contributed by atoms with Crippen molar-refractivity contribution < 1.29 is 4.79 Å². The maximum Gasteiger partial charge on any atom is 0.233 e. The lowest BCUT2D eigenvalue weighted by atomic mass is 10.1. The number of carbonyl (C=O) groups is 1. The van der Waals surface area contributed by atoms with Crippen molar-refractivity contribution in [1.29, 1.82) is 0 Å². The van der Waals surface area contributed by atoms with Crippen molar-refractivity contribution in [1.82, 2.24) is 19.9 Å². The fraction of sp³-hybridized carbons (Fsp3) is 0.357. The molecule has 0 spiro atoms. The average Bonchev–Trinajstić information content (AvgIpc) is 2.98. The zero-order chi connectivity index (χ0) is 14.1. The summed E-state index contributed by atoms with van der Waals surface area (Å²) in [6.07, 6.45) is 1.93. The molecule has 20 heavy (non-hydrogen) atoms. The lowest BCUT2D eigenvalue weighted by Crippen LogP contribution is -2.23. The highest BCUT2D eigenvalue weighted by Crippen LogP contribution is 2.35. The number of aryl methyl sites for hydroxylation is 1. The Labute approximate surface area is 122 Å². The summed E-state index contributed by atoms with van der Waals surface area (Å²) in [6.45, 7) is 2.77. The minimum absolute atomic E-state index is 0.00578. The molecule has 1 fully saturated rings. The van der Waals surface area contributed by atoms with Gasteiger partial charge in [0.1, 0.15) is 11.1 Å². The number of thioether (sulfide) groups is 1. The Morgan fingerprint density at radius 3 is 3.00 bits per heavy atom. The number of nitrogens with zero attached hydrogens (tertiary/aromatic N) is 4. The Kier molecular flexibility index (Phi) is 3.48. The van der Waals surface area contributed by atoms with E-state index in [-0.39, 0.29) is 11.3 Å². The van der Waals surface area contributed by atoms with E-state index in [1.165, 1.54) is 11.1 Å². The van der Waals surface area contributed by atoms with Gasteiger partial charge >= 0.3 is 0 Å². The monoisotopic (exact) mass is 288 g/mol. The Bertz CT molecular complexity index is 640. The molecule has 1 aliphatic rings.